The highest BCUT2D eigenvalue weighted by Crippen LogP contribution is 2.26. The predicted octanol–water partition coefficient (Wildman–Crippen LogP) is 5.23. The van der Waals surface area contributed by atoms with E-state index in [1.165, 1.54) is 62.8 Å². The molecule has 0 saturated heterocycles. The van der Waals surface area contributed by atoms with E-state index in [1.54, 1.807) is 24.3 Å². The molecule has 2 aromatic carbocycles. The molecule has 7 heteroatoms. The molecule has 3 rings (SSSR count). The highest BCUT2D eigenvalue weighted by Gasteiger charge is 2.17. The van der Waals surface area contributed by atoms with E-state index in [9.17, 15) is 13.2 Å². The van der Waals surface area contributed by atoms with Crippen molar-refractivity contribution in [3.8, 4) is 0 Å². The zero-order valence-corrected chi connectivity index (χ0v) is 17.9. The monoisotopic (exact) mass is 434 g/mol. The Hall–Kier alpha value is -2.05. The van der Waals surface area contributed by atoms with Gasteiger partial charge in [-0.15, -0.1) is 0 Å². The van der Waals surface area contributed by atoms with Crippen molar-refractivity contribution in [3.63, 3.8) is 0 Å². The minimum atomic E-state index is -3.73. The van der Waals surface area contributed by atoms with E-state index in [4.69, 9.17) is 11.6 Å². The Morgan fingerprint density at radius 1 is 1.00 bits per heavy atom. The third kappa shape index (κ3) is 6.21. The molecular formula is C22H27ClN2O3S. The number of sulfonamides is 1. The minimum Gasteiger partial charge on any atom is -0.352 e. The van der Waals surface area contributed by atoms with Crippen molar-refractivity contribution in [2.45, 2.75) is 49.8 Å². The Balaban J connectivity index is 1.63. The Morgan fingerprint density at radius 3 is 2.38 bits per heavy atom. The van der Waals surface area contributed by atoms with Gasteiger partial charge in [0.1, 0.15) is 0 Å². The van der Waals surface area contributed by atoms with Gasteiger partial charge in [0, 0.05) is 12.2 Å². The molecule has 0 radical (unpaired) electrons. The normalized spacial score (nSPS) is 15.5. The Kier molecular flexibility index (Phi) is 7.56. The van der Waals surface area contributed by atoms with Crippen LogP contribution in [0.2, 0.25) is 5.02 Å². The Morgan fingerprint density at radius 2 is 1.69 bits per heavy atom. The van der Waals surface area contributed by atoms with Crippen LogP contribution >= 0.6 is 11.6 Å². The molecule has 1 amide bonds. The van der Waals surface area contributed by atoms with Crippen molar-refractivity contribution in [2.75, 3.05) is 11.3 Å². The van der Waals surface area contributed by atoms with E-state index in [2.05, 4.69) is 10.0 Å². The van der Waals surface area contributed by atoms with Gasteiger partial charge in [-0.25, -0.2) is 8.42 Å². The first-order valence-electron chi connectivity index (χ1n) is 10.1. The van der Waals surface area contributed by atoms with Crippen molar-refractivity contribution >= 4 is 33.2 Å². The maximum Gasteiger partial charge on any atom is 0.261 e. The van der Waals surface area contributed by atoms with Gasteiger partial charge < -0.3 is 5.32 Å². The van der Waals surface area contributed by atoms with E-state index in [0.29, 0.717) is 23.2 Å². The largest absolute Gasteiger partial charge is 0.352 e. The third-order valence-corrected chi connectivity index (χ3v) is 7.06. The summed E-state index contributed by atoms with van der Waals surface area (Å²) in [5.74, 6) is 0.377. The first kappa shape index (κ1) is 21.7. The molecule has 0 heterocycles. The number of rotatable bonds is 7. The average molecular weight is 435 g/mol. The van der Waals surface area contributed by atoms with Crippen molar-refractivity contribution in [3.05, 3.63) is 59.1 Å². The molecule has 2 N–H and O–H groups in total. The molecule has 1 aliphatic rings. The zero-order chi connectivity index (χ0) is 20.7. The van der Waals surface area contributed by atoms with Gasteiger partial charge in [-0.1, -0.05) is 68.3 Å². The fraction of sp³-hybridized carbons (Fsp3) is 0.409. The number of carbonyl (C=O) groups is 1. The molecule has 1 fully saturated rings. The van der Waals surface area contributed by atoms with Crippen LogP contribution in [0.4, 0.5) is 5.69 Å². The number of hydrogen-bond donors (Lipinski definition) is 2. The van der Waals surface area contributed by atoms with Gasteiger partial charge in [-0.3, -0.25) is 9.52 Å². The van der Waals surface area contributed by atoms with Crippen LogP contribution in [-0.2, 0) is 10.0 Å². The summed E-state index contributed by atoms with van der Waals surface area (Å²) < 4.78 is 27.5. The van der Waals surface area contributed by atoms with Gasteiger partial charge in [0.15, 0.2) is 0 Å². The minimum absolute atomic E-state index is 0.157. The van der Waals surface area contributed by atoms with Gasteiger partial charge in [0.2, 0.25) is 0 Å². The van der Waals surface area contributed by atoms with Crippen LogP contribution in [0.5, 0.6) is 0 Å². The molecule has 0 bridgehead atoms. The lowest BCUT2D eigenvalue weighted by atomic mass is 9.97. The van der Waals surface area contributed by atoms with E-state index >= 15 is 0 Å². The van der Waals surface area contributed by atoms with Crippen LogP contribution in [0.1, 0.15) is 55.3 Å². The van der Waals surface area contributed by atoms with Gasteiger partial charge in [0.05, 0.1) is 15.5 Å². The van der Waals surface area contributed by atoms with E-state index in [1.807, 2.05) is 0 Å². The molecule has 0 aromatic heterocycles. The summed E-state index contributed by atoms with van der Waals surface area (Å²) in [5, 5.41) is 3.22. The first-order chi connectivity index (χ1) is 14.0. The molecule has 5 nitrogen and oxygen atoms in total. The molecule has 0 aliphatic heterocycles. The fourth-order valence-electron chi connectivity index (χ4n) is 3.71. The number of benzene rings is 2. The molecule has 0 spiro atoms. The number of carbonyl (C=O) groups excluding carboxylic acids is 1. The number of amides is 1. The number of hydrogen-bond acceptors (Lipinski definition) is 3. The predicted molar refractivity (Wildman–Crippen MR) is 117 cm³/mol. The van der Waals surface area contributed by atoms with Gasteiger partial charge in [-0.05, 0) is 42.7 Å². The van der Waals surface area contributed by atoms with Crippen molar-refractivity contribution in [1.29, 1.82) is 0 Å². The topological polar surface area (TPSA) is 75.3 Å². The van der Waals surface area contributed by atoms with Crippen molar-refractivity contribution in [2.24, 2.45) is 5.92 Å². The lowest BCUT2D eigenvalue weighted by Crippen LogP contribution is -2.26. The fourth-order valence-corrected chi connectivity index (χ4v) is 4.99. The van der Waals surface area contributed by atoms with Crippen LogP contribution in [0.25, 0.3) is 0 Å². The van der Waals surface area contributed by atoms with Crippen LogP contribution < -0.4 is 10.0 Å². The Labute approximate surface area is 177 Å². The summed E-state index contributed by atoms with van der Waals surface area (Å²) >= 11 is 6.19. The highest BCUT2D eigenvalue weighted by molar-refractivity contribution is 7.92. The smallest absolute Gasteiger partial charge is 0.261 e. The molecule has 156 valence electrons. The summed E-state index contributed by atoms with van der Waals surface area (Å²) in [6.45, 7) is 0.597. The Bertz CT molecular complexity index is 924. The second kappa shape index (κ2) is 10.1. The second-order valence-corrected chi connectivity index (χ2v) is 9.60. The number of nitrogens with one attached hydrogen (secondary N) is 2. The average Bonchev–Trinajstić information content (AvgIpc) is 2.99. The van der Waals surface area contributed by atoms with E-state index in [0.717, 1.165) is 6.42 Å². The quantitative estimate of drug-likeness (QED) is 0.585. The van der Waals surface area contributed by atoms with Crippen molar-refractivity contribution in [1.82, 2.24) is 5.32 Å². The number of halogens is 1. The molecule has 1 saturated carbocycles. The standard InChI is InChI=1S/C22H27ClN2O3S/c23-21-13-12-18(25-29(27,28)19-10-6-3-7-11-19)16-20(21)22(26)24-15-14-17-8-4-1-2-5-9-17/h3,6-7,10-13,16-17,25H,1-2,4-5,8-9,14-15H2,(H,24,26). The van der Waals surface area contributed by atoms with Crippen LogP contribution in [-0.4, -0.2) is 20.9 Å². The van der Waals surface area contributed by atoms with E-state index in [-0.39, 0.29) is 16.4 Å². The second-order valence-electron chi connectivity index (χ2n) is 7.52. The summed E-state index contributed by atoms with van der Waals surface area (Å²) in [4.78, 5) is 12.7. The summed E-state index contributed by atoms with van der Waals surface area (Å²) in [5.41, 5.74) is 0.563. The molecule has 0 atom stereocenters. The van der Waals surface area contributed by atoms with Crippen LogP contribution in [0.3, 0.4) is 0 Å². The summed E-state index contributed by atoms with van der Waals surface area (Å²) in [6, 6.07) is 12.6. The first-order valence-corrected chi connectivity index (χ1v) is 12.0. The van der Waals surface area contributed by atoms with E-state index < -0.39 is 10.0 Å². The summed E-state index contributed by atoms with van der Waals surface area (Å²) in [7, 11) is -3.73. The van der Waals surface area contributed by atoms with Crippen LogP contribution in [0, 0.1) is 5.92 Å². The molecule has 1 aliphatic carbocycles. The highest BCUT2D eigenvalue weighted by atomic mass is 35.5. The molecule has 0 unspecified atom stereocenters. The molecular weight excluding hydrogens is 408 g/mol. The van der Waals surface area contributed by atoms with Crippen molar-refractivity contribution < 1.29 is 13.2 Å². The third-order valence-electron chi connectivity index (χ3n) is 5.33. The molecule has 2 aromatic rings. The lowest BCUT2D eigenvalue weighted by Gasteiger charge is -2.15. The summed E-state index contributed by atoms with van der Waals surface area (Å²) in [6.07, 6.45) is 8.58. The SMILES string of the molecule is O=C(NCCC1CCCCCC1)c1cc(NS(=O)(=O)c2ccccc2)ccc1Cl. The lowest BCUT2D eigenvalue weighted by molar-refractivity contribution is 0.0951. The van der Waals surface area contributed by atoms with Gasteiger partial charge >= 0.3 is 0 Å². The zero-order valence-electron chi connectivity index (χ0n) is 16.4. The molecule has 29 heavy (non-hydrogen) atoms. The van der Waals surface area contributed by atoms with Gasteiger partial charge in [-0.2, -0.15) is 0 Å². The maximum absolute atomic E-state index is 12.6. The van der Waals surface area contributed by atoms with Crippen LogP contribution in [0.15, 0.2) is 53.4 Å². The number of anilines is 1. The van der Waals surface area contributed by atoms with Gasteiger partial charge in [0.25, 0.3) is 15.9 Å². The maximum atomic E-state index is 12.6.